The summed E-state index contributed by atoms with van der Waals surface area (Å²) in [7, 11) is 0. The summed E-state index contributed by atoms with van der Waals surface area (Å²) in [6.07, 6.45) is 2.74. The van der Waals surface area contributed by atoms with Crippen LogP contribution >= 0.6 is 0 Å². The predicted octanol–water partition coefficient (Wildman–Crippen LogP) is 2.15. The fourth-order valence-electron chi connectivity index (χ4n) is 1.96. The molecule has 3 nitrogen and oxygen atoms in total. The standard InChI is InChI=1S/C13H16O3/c14-11-6-8-12(9-7-11)16-13(15)10-4-2-1-3-5-10/h1-5,11-12,14H,6-9H2/t11-,12-. The molecule has 1 aliphatic carbocycles. The van der Waals surface area contributed by atoms with Gasteiger partial charge >= 0.3 is 5.97 Å². The summed E-state index contributed by atoms with van der Waals surface area (Å²) in [5.74, 6) is -0.262. The zero-order valence-electron chi connectivity index (χ0n) is 9.13. The molecule has 0 amide bonds. The first kappa shape index (κ1) is 11.1. The van der Waals surface area contributed by atoms with E-state index in [-0.39, 0.29) is 18.2 Å². The molecular weight excluding hydrogens is 204 g/mol. The van der Waals surface area contributed by atoms with Crippen LogP contribution in [0.4, 0.5) is 0 Å². The molecule has 0 aliphatic heterocycles. The maximum atomic E-state index is 11.7. The molecule has 16 heavy (non-hydrogen) atoms. The molecule has 1 saturated carbocycles. The maximum absolute atomic E-state index is 11.7. The van der Waals surface area contributed by atoms with Crippen molar-refractivity contribution in [1.29, 1.82) is 0 Å². The lowest BCUT2D eigenvalue weighted by atomic mass is 9.95. The molecule has 0 heterocycles. The molecule has 3 heteroatoms. The largest absolute Gasteiger partial charge is 0.459 e. The van der Waals surface area contributed by atoms with Crippen LogP contribution < -0.4 is 0 Å². The van der Waals surface area contributed by atoms with Crippen molar-refractivity contribution in [3.8, 4) is 0 Å². The van der Waals surface area contributed by atoms with Gasteiger partial charge in [-0.1, -0.05) is 18.2 Å². The molecule has 0 unspecified atom stereocenters. The highest BCUT2D eigenvalue weighted by atomic mass is 16.5. The minimum Gasteiger partial charge on any atom is -0.459 e. The third-order valence-corrected chi connectivity index (χ3v) is 2.93. The van der Waals surface area contributed by atoms with E-state index in [2.05, 4.69) is 0 Å². The van der Waals surface area contributed by atoms with Crippen LogP contribution in [-0.2, 0) is 4.74 Å². The van der Waals surface area contributed by atoms with Gasteiger partial charge in [-0.2, -0.15) is 0 Å². The predicted molar refractivity (Wildman–Crippen MR) is 60.1 cm³/mol. The second kappa shape index (κ2) is 5.12. The molecule has 1 aromatic carbocycles. The first-order valence-corrected chi connectivity index (χ1v) is 5.70. The monoisotopic (exact) mass is 220 g/mol. The van der Waals surface area contributed by atoms with Gasteiger partial charge in [-0.05, 0) is 37.8 Å². The number of hydrogen-bond donors (Lipinski definition) is 1. The Kier molecular flexibility index (Phi) is 3.57. The van der Waals surface area contributed by atoms with Gasteiger partial charge in [-0.15, -0.1) is 0 Å². The van der Waals surface area contributed by atoms with Gasteiger partial charge in [0, 0.05) is 0 Å². The first-order chi connectivity index (χ1) is 7.75. The average Bonchev–Trinajstić information content (AvgIpc) is 2.33. The van der Waals surface area contributed by atoms with Crippen molar-refractivity contribution in [1.82, 2.24) is 0 Å². The highest BCUT2D eigenvalue weighted by molar-refractivity contribution is 5.89. The van der Waals surface area contributed by atoms with Crippen LogP contribution in [0.3, 0.4) is 0 Å². The second-order valence-corrected chi connectivity index (χ2v) is 4.20. The fourth-order valence-corrected chi connectivity index (χ4v) is 1.96. The lowest BCUT2D eigenvalue weighted by Crippen LogP contribution is -2.26. The molecule has 86 valence electrons. The minimum atomic E-state index is -0.262. The van der Waals surface area contributed by atoms with Crippen molar-refractivity contribution in [3.05, 3.63) is 35.9 Å². The first-order valence-electron chi connectivity index (χ1n) is 5.70. The minimum absolute atomic E-state index is 0.0314. The van der Waals surface area contributed by atoms with Crippen LogP contribution in [0, 0.1) is 0 Å². The lowest BCUT2D eigenvalue weighted by Gasteiger charge is -2.25. The summed E-state index contributed by atoms with van der Waals surface area (Å²) in [5.41, 5.74) is 0.591. The third kappa shape index (κ3) is 2.83. The van der Waals surface area contributed by atoms with Gasteiger partial charge in [0.2, 0.25) is 0 Å². The zero-order chi connectivity index (χ0) is 11.4. The van der Waals surface area contributed by atoms with Gasteiger partial charge in [-0.3, -0.25) is 0 Å². The Hall–Kier alpha value is -1.35. The van der Waals surface area contributed by atoms with Crippen LogP contribution in [0.25, 0.3) is 0 Å². The second-order valence-electron chi connectivity index (χ2n) is 4.20. The quantitative estimate of drug-likeness (QED) is 0.777. The number of benzene rings is 1. The molecule has 1 aromatic rings. The Morgan fingerprint density at radius 3 is 2.38 bits per heavy atom. The average molecular weight is 220 g/mol. The maximum Gasteiger partial charge on any atom is 0.338 e. The lowest BCUT2D eigenvalue weighted by molar-refractivity contribution is 0.00460. The number of aliphatic hydroxyl groups excluding tert-OH is 1. The van der Waals surface area contributed by atoms with E-state index in [1.165, 1.54) is 0 Å². The van der Waals surface area contributed by atoms with E-state index in [1.807, 2.05) is 18.2 Å². The number of carbonyl (C=O) groups excluding carboxylic acids is 1. The number of aliphatic hydroxyl groups is 1. The van der Waals surface area contributed by atoms with E-state index < -0.39 is 0 Å². The van der Waals surface area contributed by atoms with E-state index in [4.69, 9.17) is 4.74 Å². The Balaban J connectivity index is 1.88. The summed E-state index contributed by atoms with van der Waals surface area (Å²) in [4.78, 5) is 11.7. The molecule has 0 aromatic heterocycles. The summed E-state index contributed by atoms with van der Waals surface area (Å²) in [5, 5.41) is 9.34. The third-order valence-electron chi connectivity index (χ3n) is 2.93. The summed E-state index contributed by atoms with van der Waals surface area (Å²) in [6.45, 7) is 0. The Morgan fingerprint density at radius 2 is 1.75 bits per heavy atom. The number of esters is 1. The van der Waals surface area contributed by atoms with Gasteiger partial charge in [0.25, 0.3) is 0 Å². The van der Waals surface area contributed by atoms with Crippen LogP contribution in [-0.4, -0.2) is 23.3 Å². The van der Waals surface area contributed by atoms with Crippen molar-refractivity contribution in [2.75, 3.05) is 0 Å². The van der Waals surface area contributed by atoms with E-state index in [0.29, 0.717) is 5.56 Å². The Labute approximate surface area is 95.0 Å². The van der Waals surface area contributed by atoms with Crippen molar-refractivity contribution in [2.45, 2.75) is 37.9 Å². The topological polar surface area (TPSA) is 46.5 Å². The molecule has 0 bridgehead atoms. The number of rotatable bonds is 2. The van der Waals surface area contributed by atoms with Crippen molar-refractivity contribution in [3.63, 3.8) is 0 Å². The molecule has 0 saturated heterocycles. The SMILES string of the molecule is O=C(O[C@H]1CC[C@H](O)CC1)c1ccccc1. The zero-order valence-corrected chi connectivity index (χ0v) is 9.13. The van der Waals surface area contributed by atoms with E-state index >= 15 is 0 Å². The molecular formula is C13H16O3. The van der Waals surface area contributed by atoms with E-state index in [9.17, 15) is 9.90 Å². The summed E-state index contributed by atoms with van der Waals surface area (Å²) >= 11 is 0. The van der Waals surface area contributed by atoms with Crippen LogP contribution in [0.15, 0.2) is 30.3 Å². The van der Waals surface area contributed by atoms with Gasteiger partial charge in [0.1, 0.15) is 6.10 Å². The number of ether oxygens (including phenoxy) is 1. The number of carbonyl (C=O) groups is 1. The highest BCUT2D eigenvalue weighted by Gasteiger charge is 2.22. The Bertz CT molecular complexity index is 339. The van der Waals surface area contributed by atoms with Gasteiger partial charge in [-0.25, -0.2) is 4.79 Å². The van der Waals surface area contributed by atoms with Crippen LogP contribution in [0.2, 0.25) is 0 Å². The van der Waals surface area contributed by atoms with Gasteiger partial charge in [0.15, 0.2) is 0 Å². The van der Waals surface area contributed by atoms with Crippen LogP contribution in [0.5, 0.6) is 0 Å². The fraction of sp³-hybridized carbons (Fsp3) is 0.462. The van der Waals surface area contributed by atoms with Gasteiger partial charge in [0.05, 0.1) is 11.7 Å². The van der Waals surface area contributed by atoms with Gasteiger partial charge < -0.3 is 9.84 Å². The molecule has 0 atom stereocenters. The van der Waals surface area contributed by atoms with Crippen LogP contribution in [0.1, 0.15) is 36.0 Å². The van der Waals surface area contributed by atoms with Crippen molar-refractivity contribution < 1.29 is 14.6 Å². The highest BCUT2D eigenvalue weighted by Crippen LogP contribution is 2.21. The normalized spacial score (nSPS) is 25.1. The molecule has 2 rings (SSSR count). The Morgan fingerprint density at radius 1 is 1.12 bits per heavy atom. The van der Waals surface area contributed by atoms with E-state index in [0.717, 1.165) is 25.7 Å². The summed E-state index contributed by atoms with van der Waals surface area (Å²) in [6, 6.07) is 9.01. The molecule has 0 spiro atoms. The smallest absolute Gasteiger partial charge is 0.338 e. The summed E-state index contributed by atoms with van der Waals surface area (Å²) < 4.78 is 5.38. The van der Waals surface area contributed by atoms with Crippen molar-refractivity contribution in [2.24, 2.45) is 0 Å². The van der Waals surface area contributed by atoms with Crippen molar-refractivity contribution >= 4 is 5.97 Å². The molecule has 1 fully saturated rings. The molecule has 1 aliphatic rings. The number of hydrogen-bond acceptors (Lipinski definition) is 3. The molecule has 1 N–H and O–H groups in total. The van der Waals surface area contributed by atoms with E-state index in [1.54, 1.807) is 12.1 Å². The molecule has 0 radical (unpaired) electrons.